The molecule has 4 N–H and O–H groups in total. The van der Waals surface area contributed by atoms with Gasteiger partial charge in [-0.05, 0) is 47.8 Å². The Balaban J connectivity index is 1.99. The summed E-state index contributed by atoms with van der Waals surface area (Å²) in [6, 6.07) is 11.2. The van der Waals surface area contributed by atoms with Gasteiger partial charge in [-0.1, -0.05) is 12.1 Å². The van der Waals surface area contributed by atoms with Crippen molar-refractivity contribution in [2.24, 2.45) is 0 Å². The highest BCUT2D eigenvalue weighted by Crippen LogP contribution is 2.30. The van der Waals surface area contributed by atoms with Gasteiger partial charge in [0, 0.05) is 23.3 Å². The number of benzene rings is 2. The Morgan fingerprint density at radius 1 is 1.15 bits per heavy atom. The second-order valence-corrected chi connectivity index (χ2v) is 6.08. The van der Waals surface area contributed by atoms with E-state index in [0.29, 0.717) is 16.7 Å². The topological polar surface area (TPSA) is 110 Å². The van der Waals surface area contributed by atoms with Crippen molar-refractivity contribution in [2.45, 2.75) is 6.92 Å². The molecule has 0 amide bonds. The van der Waals surface area contributed by atoms with Crippen LogP contribution in [0.1, 0.15) is 5.56 Å². The molecule has 2 heterocycles. The Kier molecular flexibility index (Phi) is 3.91. The predicted molar refractivity (Wildman–Crippen MR) is 101 cm³/mol. The van der Waals surface area contributed by atoms with E-state index in [0.717, 1.165) is 27.8 Å². The van der Waals surface area contributed by atoms with Gasteiger partial charge in [-0.2, -0.15) is 15.3 Å². The molecule has 0 bridgehead atoms. The van der Waals surface area contributed by atoms with Crippen molar-refractivity contribution in [3.8, 4) is 16.8 Å². The fourth-order valence-electron chi connectivity index (χ4n) is 3.07. The first-order valence-corrected chi connectivity index (χ1v) is 8.06. The number of fused-ring (bicyclic) bond motifs is 1. The molecule has 0 saturated carbocycles. The van der Waals surface area contributed by atoms with Crippen LogP contribution >= 0.6 is 0 Å². The Bertz CT molecular complexity index is 1100. The lowest BCUT2D eigenvalue weighted by Crippen LogP contribution is -2.32. The minimum Gasteiger partial charge on any atom is -0.423 e. The van der Waals surface area contributed by atoms with Crippen molar-refractivity contribution in [1.29, 1.82) is 0 Å². The Morgan fingerprint density at radius 3 is 2.73 bits per heavy atom. The van der Waals surface area contributed by atoms with E-state index < -0.39 is 7.12 Å². The van der Waals surface area contributed by atoms with Crippen LogP contribution in [0.5, 0.6) is 0 Å². The summed E-state index contributed by atoms with van der Waals surface area (Å²) in [6.07, 6.45) is 5.05. The molecule has 0 radical (unpaired) electrons. The molecule has 0 aliphatic rings. The standard InChI is InChI=1S/C18H16BN5O2/c1-11-7-18(24-6-2-5-22-24)14(9-15(11)19(25)26)12-3-4-13-16(20)10-21-23-17(13)8-12/h2-10,25-26H,1H3,(H2,20,23). The van der Waals surface area contributed by atoms with Crippen LogP contribution in [0.15, 0.2) is 55.0 Å². The third-order valence-corrected chi connectivity index (χ3v) is 4.40. The van der Waals surface area contributed by atoms with Crippen molar-refractivity contribution >= 4 is 29.2 Å². The molecule has 7 nitrogen and oxygen atoms in total. The van der Waals surface area contributed by atoms with Crippen LogP contribution in [0, 0.1) is 6.92 Å². The highest BCUT2D eigenvalue weighted by Gasteiger charge is 2.19. The van der Waals surface area contributed by atoms with E-state index in [1.54, 1.807) is 16.9 Å². The van der Waals surface area contributed by atoms with E-state index in [1.807, 2.05) is 43.5 Å². The zero-order chi connectivity index (χ0) is 18.3. The van der Waals surface area contributed by atoms with E-state index in [9.17, 15) is 10.0 Å². The quantitative estimate of drug-likeness (QED) is 0.479. The van der Waals surface area contributed by atoms with Gasteiger partial charge in [0.25, 0.3) is 0 Å². The maximum atomic E-state index is 9.70. The summed E-state index contributed by atoms with van der Waals surface area (Å²) in [5.74, 6) is 0. The van der Waals surface area contributed by atoms with E-state index in [4.69, 9.17) is 5.73 Å². The van der Waals surface area contributed by atoms with Gasteiger partial charge in [0.2, 0.25) is 0 Å². The average molecular weight is 345 g/mol. The van der Waals surface area contributed by atoms with E-state index >= 15 is 0 Å². The number of nitrogen functional groups attached to an aromatic ring is 1. The number of rotatable bonds is 3. The number of hydrogen-bond acceptors (Lipinski definition) is 6. The molecule has 8 heteroatoms. The van der Waals surface area contributed by atoms with Crippen LogP contribution in [0.4, 0.5) is 5.69 Å². The SMILES string of the molecule is Cc1cc(-n2cccn2)c(-c2ccc3c(N)cnnc3c2)cc1B(O)O. The number of nitrogens with two attached hydrogens (primary N) is 1. The molecule has 4 aromatic rings. The average Bonchev–Trinajstić information content (AvgIpc) is 3.15. The van der Waals surface area contributed by atoms with Crippen molar-refractivity contribution in [3.05, 3.63) is 60.6 Å². The van der Waals surface area contributed by atoms with Crippen LogP contribution in [0.3, 0.4) is 0 Å². The summed E-state index contributed by atoms with van der Waals surface area (Å²) in [4.78, 5) is 0. The molecule has 2 aromatic carbocycles. The molecule has 4 rings (SSSR count). The Morgan fingerprint density at radius 2 is 2.00 bits per heavy atom. The van der Waals surface area contributed by atoms with Crippen LogP contribution in [0.25, 0.3) is 27.7 Å². The Hall–Kier alpha value is -3.23. The van der Waals surface area contributed by atoms with Gasteiger partial charge < -0.3 is 15.8 Å². The lowest BCUT2D eigenvalue weighted by molar-refractivity contribution is 0.425. The molecule has 0 saturated heterocycles. The van der Waals surface area contributed by atoms with Gasteiger partial charge >= 0.3 is 7.12 Å². The third-order valence-electron chi connectivity index (χ3n) is 4.40. The molecule has 128 valence electrons. The lowest BCUT2D eigenvalue weighted by atomic mass is 9.75. The fraction of sp³-hybridized carbons (Fsp3) is 0.0556. The zero-order valence-electron chi connectivity index (χ0n) is 14.0. The molecule has 0 aliphatic carbocycles. The summed E-state index contributed by atoms with van der Waals surface area (Å²) in [5.41, 5.74) is 10.9. The van der Waals surface area contributed by atoms with E-state index in [1.165, 1.54) is 6.20 Å². The predicted octanol–water partition coefficient (Wildman–Crippen LogP) is 1.05. The van der Waals surface area contributed by atoms with Crippen LogP contribution in [-0.4, -0.2) is 37.1 Å². The maximum absolute atomic E-state index is 9.70. The van der Waals surface area contributed by atoms with Crippen LogP contribution in [-0.2, 0) is 0 Å². The van der Waals surface area contributed by atoms with E-state index in [2.05, 4.69) is 15.3 Å². The molecule has 0 spiro atoms. The van der Waals surface area contributed by atoms with Crippen molar-refractivity contribution in [2.75, 3.05) is 5.73 Å². The molecule has 26 heavy (non-hydrogen) atoms. The molecular formula is C18H16BN5O2. The molecule has 0 aliphatic heterocycles. The highest BCUT2D eigenvalue weighted by molar-refractivity contribution is 6.59. The highest BCUT2D eigenvalue weighted by atomic mass is 16.4. The zero-order valence-corrected chi connectivity index (χ0v) is 14.0. The monoisotopic (exact) mass is 345 g/mol. The lowest BCUT2D eigenvalue weighted by Gasteiger charge is -2.15. The van der Waals surface area contributed by atoms with Crippen molar-refractivity contribution in [1.82, 2.24) is 20.0 Å². The minimum atomic E-state index is -1.56. The fourth-order valence-corrected chi connectivity index (χ4v) is 3.07. The first-order valence-electron chi connectivity index (χ1n) is 8.06. The molecule has 0 unspecified atom stereocenters. The second-order valence-electron chi connectivity index (χ2n) is 6.08. The van der Waals surface area contributed by atoms with Gasteiger partial charge in [-0.25, -0.2) is 4.68 Å². The number of nitrogens with zero attached hydrogens (tertiary/aromatic N) is 4. The maximum Gasteiger partial charge on any atom is 0.488 e. The largest absolute Gasteiger partial charge is 0.488 e. The number of aryl methyl sites for hydroxylation is 1. The van der Waals surface area contributed by atoms with Crippen molar-refractivity contribution in [3.63, 3.8) is 0 Å². The van der Waals surface area contributed by atoms with E-state index in [-0.39, 0.29) is 0 Å². The van der Waals surface area contributed by atoms with Crippen LogP contribution < -0.4 is 11.2 Å². The second kappa shape index (κ2) is 6.25. The summed E-state index contributed by atoms with van der Waals surface area (Å²) in [5, 5.41) is 32.6. The van der Waals surface area contributed by atoms with Crippen LogP contribution in [0.2, 0.25) is 0 Å². The normalized spacial score (nSPS) is 11.0. The summed E-state index contributed by atoms with van der Waals surface area (Å²) in [7, 11) is -1.56. The number of anilines is 1. The van der Waals surface area contributed by atoms with Gasteiger partial charge in [-0.3, -0.25) is 0 Å². The van der Waals surface area contributed by atoms with Gasteiger partial charge in [0.15, 0.2) is 0 Å². The van der Waals surface area contributed by atoms with Gasteiger partial charge in [0.05, 0.1) is 23.1 Å². The van der Waals surface area contributed by atoms with Crippen molar-refractivity contribution < 1.29 is 10.0 Å². The summed E-state index contributed by atoms with van der Waals surface area (Å²) >= 11 is 0. The number of aromatic nitrogens is 4. The third kappa shape index (κ3) is 2.71. The first kappa shape index (κ1) is 16.3. The number of hydrogen-bond donors (Lipinski definition) is 3. The summed E-state index contributed by atoms with van der Waals surface area (Å²) < 4.78 is 1.74. The molecule has 0 fully saturated rings. The smallest absolute Gasteiger partial charge is 0.423 e. The van der Waals surface area contributed by atoms with Gasteiger partial charge in [-0.15, -0.1) is 0 Å². The minimum absolute atomic E-state index is 0.440. The molecule has 2 aromatic heterocycles. The first-order chi connectivity index (χ1) is 12.5. The summed E-state index contributed by atoms with van der Waals surface area (Å²) in [6.45, 7) is 1.83. The Labute approximate surface area is 149 Å². The molecular weight excluding hydrogens is 329 g/mol. The molecule has 0 atom stereocenters. The van der Waals surface area contributed by atoms with Gasteiger partial charge in [0.1, 0.15) is 0 Å².